The number of likely N-dealkylation sites (tertiary alicyclic amines) is 1. The maximum atomic E-state index is 13.3. The van der Waals surface area contributed by atoms with E-state index in [0.717, 1.165) is 62.4 Å². The number of benzene rings is 1. The lowest BCUT2D eigenvalue weighted by atomic mass is 9.84. The van der Waals surface area contributed by atoms with Gasteiger partial charge in [0, 0.05) is 44.0 Å². The SMILES string of the molecule is C[C@@H](CC(=O)Nc1ccc(N2CCCC2)c(C(=O)N2CCCCC2)c1)CC(C)(C)C. The molecule has 1 atom stereocenters. The average molecular weight is 414 g/mol. The second kappa shape index (κ2) is 9.84. The number of carbonyl (C=O) groups excluding carboxylic acids is 2. The quantitative estimate of drug-likeness (QED) is 0.687. The maximum absolute atomic E-state index is 13.3. The fraction of sp³-hybridized carbons (Fsp3) is 0.680. The summed E-state index contributed by atoms with van der Waals surface area (Å²) >= 11 is 0. The van der Waals surface area contributed by atoms with Crippen LogP contribution in [0.2, 0.25) is 0 Å². The monoisotopic (exact) mass is 413 g/mol. The Hall–Kier alpha value is -2.04. The van der Waals surface area contributed by atoms with E-state index in [0.29, 0.717) is 12.3 Å². The van der Waals surface area contributed by atoms with E-state index >= 15 is 0 Å². The lowest BCUT2D eigenvalue weighted by Gasteiger charge is -2.29. The van der Waals surface area contributed by atoms with Gasteiger partial charge in [-0.25, -0.2) is 0 Å². The maximum Gasteiger partial charge on any atom is 0.256 e. The molecule has 0 aliphatic carbocycles. The normalized spacial score (nSPS) is 18.4. The number of rotatable bonds is 6. The molecule has 2 fully saturated rings. The van der Waals surface area contributed by atoms with Gasteiger partial charge in [-0.3, -0.25) is 9.59 Å². The number of piperidine rings is 1. The minimum absolute atomic E-state index is 0.0250. The predicted molar refractivity (Wildman–Crippen MR) is 124 cm³/mol. The molecule has 30 heavy (non-hydrogen) atoms. The standard InChI is InChI=1S/C25H39N3O2/c1-19(18-25(2,3)4)16-23(29)26-20-10-11-22(27-12-8-9-13-27)21(17-20)24(30)28-14-6-5-7-15-28/h10-11,17,19H,5-9,12-16,18H2,1-4H3,(H,26,29)/t19-/m0/s1. The molecule has 0 unspecified atom stereocenters. The van der Waals surface area contributed by atoms with Crippen LogP contribution in [0.4, 0.5) is 11.4 Å². The van der Waals surface area contributed by atoms with Crippen molar-refractivity contribution in [2.45, 2.75) is 72.6 Å². The lowest BCUT2D eigenvalue weighted by molar-refractivity contribution is -0.117. The average Bonchev–Trinajstić information content (AvgIpc) is 3.21. The van der Waals surface area contributed by atoms with Gasteiger partial charge in [-0.15, -0.1) is 0 Å². The van der Waals surface area contributed by atoms with Crippen LogP contribution in [0.1, 0.15) is 83.0 Å². The number of carbonyl (C=O) groups is 2. The summed E-state index contributed by atoms with van der Waals surface area (Å²) in [7, 11) is 0. The van der Waals surface area contributed by atoms with Crippen LogP contribution in [0.25, 0.3) is 0 Å². The fourth-order valence-electron chi connectivity index (χ4n) is 4.93. The van der Waals surface area contributed by atoms with E-state index in [4.69, 9.17) is 0 Å². The van der Waals surface area contributed by atoms with Gasteiger partial charge >= 0.3 is 0 Å². The van der Waals surface area contributed by atoms with Crippen molar-refractivity contribution in [1.29, 1.82) is 0 Å². The van der Waals surface area contributed by atoms with Crippen LogP contribution in [-0.2, 0) is 4.79 Å². The zero-order valence-corrected chi connectivity index (χ0v) is 19.3. The molecule has 0 aromatic heterocycles. The second-order valence-electron chi connectivity index (χ2n) is 10.4. The first kappa shape index (κ1) is 22.6. The van der Waals surface area contributed by atoms with Gasteiger partial charge in [0.15, 0.2) is 0 Å². The molecular formula is C25H39N3O2. The molecule has 5 nitrogen and oxygen atoms in total. The largest absolute Gasteiger partial charge is 0.371 e. The van der Waals surface area contributed by atoms with E-state index in [1.54, 1.807) is 0 Å². The molecule has 0 radical (unpaired) electrons. The first-order valence-electron chi connectivity index (χ1n) is 11.7. The highest BCUT2D eigenvalue weighted by Crippen LogP contribution is 2.30. The molecule has 2 amide bonds. The molecule has 2 saturated heterocycles. The molecule has 2 aliphatic heterocycles. The molecule has 1 aromatic rings. The molecule has 1 N–H and O–H groups in total. The summed E-state index contributed by atoms with van der Waals surface area (Å²) < 4.78 is 0. The number of amides is 2. The third-order valence-corrected chi connectivity index (χ3v) is 6.10. The van der Waals surface area contributed by atoms with E-state index in [-0.39, 0.29) is 17.2 Å². The van der Waals surface area contributed by atoms with Crippen molar-refractivity contribution in [3.63, 3.8) is 0 Å². The molecule has 2 aliphatic rings. The van der Waals surface area contributed by atoms with Gasteiger partial charge in [0.2, 0.25) is 5.91 Å². The molecule has 0 spiro atoms. The molecular weight excluding hydrogens is 374 g/mol. The topological polar surface area (TPSA) is 52.7 Å². The summed E-state index contributed by atoms with van der Waals surface area (Å²) in [5, 5.41) is 3.05. The summed E-state index contributed by atoms with van der Waals surface area (Å²) in [5.74, 6) is 0.453. The van der Waals surface area contributed by atoms with Crippen molar-refractivity contribution >= 4 is 23.2 Å². The first-order valence-corrected chi connectivity index (χ1v) is 11.7. The fourth-order valence-corrected chi connectivity index (χ4v) is 4.93. The van der Waals surface area contributed by atoms with Gasteiger partial charge in [0.25, 0.3) is 5.91 Å². The van der Waals surface area contributed by atoms with E-state index in [9.17, 15) is 9.59 Å². The molecule has 1 aromatic carbocycles. The van der Waals surface area contributed by atoms with Gasteiger partial charge in [0.1, 0.15) is 0 Å². The number of nitrogens with one attached hydrogen (secondary N) is 1. The minimum Gasteiger partial charge on any atom is -0.371 e. The van der Waals surface area contributed by atoms with Crippen LogP contribution in [0, 0.1) is 11.3 Å². The van der Waals surface area contributed by atoms with Crippen LogP contribution in [0.3, 0.4) is 0 Å². The minimum atomic E-state index is 0.0250. The molecule has 0 bridgehead atoms. The second-order valence-corrected chi connectivity index (χ2v) is 10.4. The highest BCUT2D eigenvalue weighted by Gasteiger charge is 2.25. The van der Waals surface area contributed by atoms with Crippen molar-refractivity contribution in [2.75, 3.05) is 36.4 Å². The van der Waals surface area contributed by atoms with Crippen LogP contribution in [-0.4, -0.2) is 42.9 Å². The Balaban J connectivity index is 1.75. The zero-order valence-electron chi connectivity index (χ0n) is 19.3. The predicted octanol–water partition coefficient (Wildman–Crippen LogP) is 5.31. The van der Waals surface area contributed by atoms with Gasteiger partial charge in [-0.05, 0) is 68.1 Å². The van der Waals surface area contributed by atoms with Crippen LogP contribution < -0.4 is 10.2 Å². The lowest BCUT2D eigenvalue weighted by Crippen LogP contribution is -2.36. The Labute approximate surface area is 182 Å². The van der Waals surface area contributed by atoms with E-state index in [2.05, 4.69) is 37.9 Å². The number of hydrogen-bond acceptors (Lipinski definition) is 3. The summed E-state index contributed by atoms with van der Waals surface area (Å²) in [6.07, 6.45) is 7.20. The van der Waals surface area contributed by atoms with Crippen molar-refractivity contribution in [3.8, 4) is 0 Å². The smallest absolute Gasteiger partial charge is 0.256 e. The van der Waals surface area contributed by atoms with E-state index in [1.807, 2.05) is 23.1 Å². The van der Waals surface area contributed by atoms with Gasteiger partial charge in [-0.2, -0.15) is 0 Å². The van der Waals surface area contributed by atoms with Crippen molar-refractivity contribution in [1.82, 2.24) is 4.90 Å². The summed E-state index contributed by atoms with van der Waals surface area (Å²) in [6.45, 7) is 12.4. The first-order chi connectivity index (χ1) is 14.2. The van der Waals surface area contributed by atoms with Crippen molar-refractivity contribution in [3.05, 3.63) is 23.8 Å². The summed E-state index contributed by atoms with van der Waals surface area (Å²) in [5.41, 5.74) is 2.69. The van der Waals surface area contributed by atoms with Gasteiger partial charge in [-0.1, -0.05) is 27.7 Å². The highest BCUT2D eigenvalue weighted by molar-refractivity contribution is 6.02. The van der Waals surface area contributed by atoms with Gasteiger partial charge in [0.05, 0.1) is 5.56 Å². The molecule has 0 saturated carbocycles. The Morgan fingerprint density at radius 2 is 1.63 bits per heavy atom. The van der Waals surface area contributed by atoms with Crippen LogP contribution in [0.5, 0.6) is 0 Å². The summed E-state index contributed by atoms with van der Waals surface area (Å²) in [4.78, 5) is 30.2. The highest BCUT2D eigenvalue weighted by atomic mass is 16.2. The third-order valence-electron chi connectivity index (χ3n) is 6.10. The molecule has 5 heteroatoms. The van der Waals surface area contributed by atoms with Crippen molar-refractivity contribution in [2.24, 2.45) is 11.3 Å². The molecule has 166 valence electrons. The summed E-state index contributed by atoms with van der Waals surface area (Å²) in [6, 6.07) is 5.88. The number of hydrogen-bond donors (Lipinski definition) is 1. The Morgan fingerprint density at radius 3 is 2.27 bits per heavy atom. The third kappa shape index (κ3) is 6.23. The number of nitrogens with zero attached hydrogens (tertiary/aromatic N) is 2. The van der Waals surface area contributed by atoms with Gasteiger partial charge < -0.3 is 15.1 Å². The van der Waals surface area contributed by atoms with Crippen LogP contribution in [0.15, 0.2) is 18.2 Å². The van der Waals surface area contributed by atoms with Crippen molar-refractivity contribution < 1.29 is 9.59 Å². The van der Waals surface area contributed by atoms with E-state index in [1.165, 1.54) is 19.3 Å². The van der Waals surface area contributed by atoms with Crippen LogP contribution >= 0.6 is 0 Å². The van der Waals surface area contributed by atoms with E-state index < -0.39 is 0 Å². The molecule has 3 rings (SSSR count). The Morgan fingerprint density at radius 1 is 1.00 bits per heavy atom. The zero-order chi connectivity index (χ0) is 21.7. The Kier molecular flexibility index (Phi) is 7.43. The molecule has 2 heterocycles. The number of anilines is 2. The Bertz CT molecular complexity index is 741.